The fraction of sp³-hybridized carbons (Fsp3) is 0.500. The van der Waals surface area contributed by atoms with Crippen LogP contribution in [0, 0.1) is 0 Å². The molecule has 1 aromatic heterocycles. The molecule has 5 heteroatoms. The number of nitrogens with zero attached hydrogens (tertiary/aromatic N) is 3. The highest BCUT2D eigenvalue weighted by Gasteiger charge is 2.25. The van der Waals surface area contributed by atoms with Gasteiger partial charge in [0.05, 0.1) is 19.6 Å². The van der Waals surface area contributed by atoms with Crippen LogP contribution in [0.3, 0.4) is 0 Å². The van der Waals surface area contributed by atoms with Gasteiger partial charge in [-0.1, -0.05) is 30.7 Å². The van der Waals surface area contributed by atoms with Crippen LogP contribution in [-0.4, -0.2) is 39.8 Å². The fourth-order valence-electron chi connectivity index (χ4n) is 3.56. The van der Waals surface area contributed by atoms with Crippen LogP contribution in [0.2, 0.25) is 0 Å². The van der Waals surface area contributed by atoms with E-state index in [1.165, 1.54) is 24.0 Å². The Morgan fingerprint density at radius 3 is 2.72 bits per heavy atom. The van der Waals surface area contributed by atoms with E-state index in [9.17, 15) is 4.79 Å². The molecule has 25 heavy (non-hydrogen) atoms. The molecule has 1 saturated heterocycles. The van der Waals surface area contributed by atoms with Crippen molar-refractivity contribution in [1.29, 1.82) is 0 Å². The molecule has 1 atom stereocenters. The highest BCUT2D eigenvalue weighted by atomic mass is 16.5. The third kappa shape index (κ3) is 4.92. The molecular weight excluding hydrogens is 314 g/mol. The third-order valence-electron chi connectivity index (χ3n) is 4.84. The molecule has 0 unspecified atom stereocenters. The van der Waals surface area contributed by atoms with Crippen molar-refractivity contribution in [3.05, 3.63) is 53.9 Å². The molecule has 1 aromatic carbocycles. The van der Waals surface area contributed by atoms with Crippen molar-refractivity contribution in [3.63, 3.8) is 0 Å². The molecule has 0 aliphatic carbocycles. The zero-order valence-electron chi connectivity index (χ0n) is 14.9. The molecular formula is C20H27N3O2. The molecule has 1 aliphatic heterocycles. The third-order valence-corrected chi connectivity index (χ3v) is 4.84. The maximum atomic E-state index is 11.9. The van der Waals surface area contributed by atoms with E-state index in [4.69, 9.17) is 4.74 Å². The molecule has 0 saturated carbocycles. The Hall–Kier alpha value is -2.14. The number of carbonyl (C=O) groups is 1. The zero-order valence-corrected chi connectivity index (χ0v) is 14.9. The minimum absolute atomic E-state index is 0.0794. The van der Waals surface area contributed by atoms with Gasteiger partial charge in [-0.15, -0.1) is 0 Å². The average molecular weight is 341 g/mol. The second-order valence-corrected chi connectivity index (χ2v) is 6.60. The van der Waals surface area contributed by atoms with Crippen molar-refractivity contribution in [3.8, 4) is 0 Å². The van der Waals surface area contributed by atoms with Crippen LogP contribution in [0.25, 0.3) is 0 Å². The Morgan fingerprint density at radius 2 is 2.00 bits per heavy atom. The normalized spacial score (nSPS) is 18.2. The van der Waals surface area contributed by atoms with Crippen LogP contribution >= 0.6 is 0 Å². The van der Waals surface area contributed by atoms with Crippen LogP contribution in [0.15, 0.2) is 42.7 Å². The van der Waals surface area contributed by atoms with Gasteiger partial charge in [0.2, 0.25) is 0 Å². The summed E-state index contributed by atoms with van der Waals surface area (Å²) in [5.41, 5.74) is 2.60. The number of esters is 1. The highest BCUT2D eigenvalue weighted by molar-refractivity contribution is 5.70. The first-order valence-corrected chi connectivity index (χ1v) is 9.20. The van der Waals surface area contributed by atoms with Crippen LogP contribution in [0.4, 0.5) is 0 Å². The smallest absolute Gasteiger partial charge is 0.307 e. The molecule has 5 nitrogen and oxygen atoms in total. The second-order valence-electron chi connectivity index (χ2n) is 6.60. The summed E-state index contributed by atoms with van der Waals surface area (Å²) in [6.45, 7) is 5.02. The SMILES string of the molecule is CCOC(=O)C[C@H]1CCCCN1Cc1ccccc1Cn1cccn1. The lowest BCUT2D eigenvalue weighted by Crippen LogP contribution is -2.40. The van der Waals surface area contributed by atoms with Gasteiger partial charge < -0.3 is 4.74 Å². The van der Waals surface area contributed by atoms with Gasteiger partial charge in [-0.3, -0.25) is 14.4 Å². The predicted octanol–water partition coefficient (Wildman–Crippen LogP) is 3.24. The summed E-state index contributed by atoms with van der Waals surface area (Å²) in [5.74, 6) is -0.0794. The highest BCUT2D eigenvalue weighted by Crippen LogP contribution is 2.24. The number of hydrogen-bond acceptors (Lipinski definition) is 4. The van der Waals surface area contributed by atoms with E-state index in [2.05, 4.69) is 34.3 Å². The van der Waals surface area contributed by atoms with Gasteiger partial charge in [0.25, 0.3) is 0 Å². The van der Waals surface area contributed by atoms with E-state index in [-0.39, 0.29) is 12.0 Å². The Morgan fingerprint density at radius 1 is 1.20 bits per heavy atom. The number of carbonyl (C=O) groups excluding carboxylic acids is 1. The van der Waals surface area contributed by atoms with Gasteiger partial charge >= 0.3 is 5.97 Å². The first-order valence-electron chi connectivity index (χ1n) is 9.20. The van der Waals surface area contributed by atoms with Crippen LogP contribution in [-0.2, 0) is 22.6 Å². The lowest BCUT2D eigenvalue weighted by atomic mass is 9.97. The van der Waals surface area contributed by atoms with Gasteiger partial charge in [-0.05, 0) is 43.5 Å². The van der Waals surface area contributed by atoms with Gasteiger partial charge in [0, 0.05) is 25.0 Å². The molecule has 1 fully saturated rings. The largest absolute Gasteiger partial charge is 0.466 e. The number of benzene rings is 1. The van der Waals surface area contributed by atoms with Crippen molar-refractivity contribution < 1.29 is 9.53 Å². The Kier molecular flexibility index (Phi) is 6.23. The molecule has 1 aliphatic rings. The van der Waals surface area contributed by atoms with Gasteiger partial charge in [0.15, 0.2) is 0 Å². The monoisotopic (exact) mass is 341 g/mol. The minimum Gasteiger partial charge on any atom is -0.466 e. The molecule has 0 spiro atoms. The van der Waals surface area contributed by atoms with Crippen LogP contribution < -0.4 is 0 Å². The van der Waals surface area contributed by atoms with Crippen molar-refractivity contribution >= 4 is 5.97 Å². The molecule has 0 bridgehead atoms. The standard InChI is InChI=1S/C20H27N3O2/c1-2-25-20(24)14-19-10-5-6-12-22(19)15-17-8-3-4-9-18(17)16-23-13-7-11-21-23/h3-4,7-9,11,13,19H,2,5-6,10,12,14-16H2,1H3/t19-/m1/s1. The Bertz CT molecular complexity index is 669. The van der Waals surface area contributed by atoms with E-state index < -0.39 is 0 Å². The summed E-state index contributed by atoms with van der Waals surface area (Å²) in [6, 6.07) is 10.8. The summed E-state index contributed by atoms with van der Waals surface area (Å²) >= 11 is 0. The van der Waals surface area contributed by atoms with Crippen LogP contribution in [0.1, 0.15) is 43.7 Å². The zero-order chi connectivity index (χ0) is 17.5. The van der Waals surface area contributed by atoms with Crippen molar-refractivity contribution in [2.45, 2.75) is 51.7 Å². The van der Waals surface area contributed by atoms with Crippen LogP contribution in [0.5, 0.6) is 0 Å². The van der Waals surface area contributed by atoms with E-state index >= 15 is 0 Å². The molecule has 134 valence electrons. The maximum Gasteiger partial charge on any atom is 0.307 e. The summed E-state index contributed by atoms with van der Waals surface area (Å²) in [5, 5.41) is 4.32. The summed E-state index contributed by atoms with van der Waals surface area (Å²) < 4.78 is 7.11. The second kappa shape index (κ2) is 8.81. The Labute approximate surface area is 149 Å². The number of piperidine rings is 1. The fourth-order valence-corrected chi connectivity index (χ4v) is 3.56. The van der Waals surface area contributed by atoms with E-state index in [0.29, 0.717) is 13.0 Å². The summed E-state index contributed by atoms with van der Waals surface area (Å²) in [7, 11) is 0. The number of ether oxygens (including phenoxy) is 1. The molecule has 0 radical (unpaired) electrons. The van der Waals surface area contributed by atoms with Crippen molar-refractivity contribution in [1.82, 2.24) is 14.7 Å². The Balaban J connectivity index is 1.70. The lowest BCUT2D eigenvalue weighted by Gasteiger charge is -2.35. The van der Waals surface area contributed by atoms with Crippen molar-refractivity contribution in [2.24, 2.45) is 0 Å². The predicted molar refractivity (Wildman–Crippen MR) is 97.1 cm³/mol. The summed E-state index contributed by atoms with van der Waals surface area (Å²) in [4.78, 5) is 14.4. The average Bonchev–Trinajstić information content (AvgIpc) is 3.12. The molecule has 3 rings (SSSR count). The first-order chi connectivity index (χ1) is 12.3. The van der Waals surface area contributed by atoms with E-state index in [0.717, 1.165) is 26.1 Å². The topological polar surface area (TPSA) is 47.4 Å². The minimum atomic E-state index is -0.0794. The van der Waals surface area contributed by atoms with E-state index in [1.54, 1.807) is 0 Å². The number of aromatic nitrogens is 2. The quantitative estimate of drug-likeness (QED) is 0.726. The van der Waals surface area contributed by atoms with Gasteiger partial charge in [-0.2, -0.15) is 5.10 Å². The number of likely N-dealkylation sites (tertiary alicyclic amines) is 1. The molecule has 2 heterocycles. The van der Waals surface area contributed by atoms with Gasteiger partial charge in [-0.25, -0.2) is 0 Å². The lowest BCUT2D eigenvalue weighted by molar-refractivity contribution is -0.145. The molecule has 0 amide bonds. The maximum absolute atomic E-state index is 11.9. The number of rotatable bonds is 7. The molecule has 2 aromatic rings. The van der Waals surface area contributed by atoms with Gasteiger partial charge in [0.1, 0.15) is 0 Å². The summed E-state index contributed by atoms with van der Waals surface area (Å²) in [6.07, 6.45) is 7.75. The van der Waals surface area contributed by atoms with Crippen molar-refractivity contribution in [2.75, 3.05) is 13.2 Å². The first kappa shape index (κ1) is 17.7. The number of hydrogen-bond donors (Lipinski definition) is 0. The van der Waals surface area contributed by atoms with E-state index in [1.807, 2.05) is 30.1 Å². The molecule has 0 N–H and O–H groups in total.